The smallest absolute Gasteiger partial charge is 0.216 e. The van der Waals surface area contributed by atoms with Gasteiger partial charge in [-0.3, -0.25) is 10.1 Å². The highest BCUT2D eigenvalue weighted by molar-refractivity contribution is 5.72. The van der Waals surface area contributed by atoms with Gasteiger partial charge in [0.1, 0.15) is 0 Å². The Morgan fingerprint density at radius 1 is 1.36 bits per heavy atom. The molecular formula is C18H28N2O2. The lowest BCUT2D eigenvalue weighted by atomic mass is 9.92. The topological polar surface area (TPSA) is 50.4 Å². The summed E-state index contributed by atoms with van der Waals surface area (Å²) in [4.78, 5) is 10.9. The van der Waals surface area contributed by atoms with Gasteiger partial charge >= 0.3 is 0 Å². The van der Waals surface area contributed by atoms with E-state index >= 15 is 0 Å². The van der Waals surface area contributed by atoms with E-state index in [2.05, 4.69) is 49.3 Å². The number of carbonyl (C=O) groups excluding carboxylic acids is 1. The van der Waals surface area contributed by atoms with Crippen molar-refractivity contribution in [2.75, 3.05) is 13.3 Å². The molecule has 0 spiro atoms. The Labute approximate surface area is 133 Å². The van der Waals surface area contributed by atoms with Gasteiger partial charge in [0.2, 0.25) is 5.91 Å². The zero-order valence-corrected chi connectivity index (χ0v) is 14.3. The first-order valence-corrected chi connectivity index (χ1v) is 7.60. The van der Waals surface area contributed by atoms with Crippen LogP contribution in [0, 0.1) is 0 Å². The second kappa shape index (κ2) is 8.11. The average molecular weight is 304 g/mol. The normalized spacial score (nSPS) is 12.8. The Morgan fingerprint density at radius 2 is 2.05 bits per heavy atom. The van der Waals surface area contributed by atoms with Gasteiger partial charge in [0.05, 0.1) is 12.8 Å². The number of carbonyl (C=O) groups is 1. The number of ether oxygens (including phenoxy) is 1. The van der Waals surface area contributed by atoms with Crippen LogP contribution in [0.3, 0.4) is 0 Å². The molecule has 0 radical (unpaired) electrons. The highest BCUT2D eigenvalue weighted by Crippen LogP contribution is 2.23. The minimum Gasteiger partial charge on any atom is -0.362 e. The van der Waals surface area contributed by atoms with E-state index in [1.807, 2.05) is 19.9 Å². The van der Waals surface area contributed by atoms with Crippen LogP contribution < -0.4 is 10.6 Å². The number of allylic oxidation sites excluding steroid dienone is 1. The lowest BCUT2D eigenvalue weighted by Gasteiger charge is -2.28. The molecule has 4 nitrogen and oxygen atoms in total. The van der Waals surface area contributed by atoms with E-state index in [4.69, 9.17) is 4.74 Å². The Hall–Kier alpha value is -1.65. The number of hydrogen-bond donors (Lipinski definition) is 2. The molecule has 0 aromatic heterocycles. The van der Waals surface area contributed by atoms with Crippen LogP contribution in [0.4, 0.5) is 0 Å². The van der Waals surface area contributed by atoms with Crippen LogP contribution in [-0.2, 0) is 15.1 Å². The summed E-state index contributed by atoms with van der Waals surface area (Å²) in [5.41, 5.74) is 3.18. The lowest BCUT2D eigenvalue weighted by Crippen LogP contribution is -2.40. The van der Waals surface area contributed by atoms with Crippen LogP contribution in [0.5, 0.6) is 0 Å². The van der Waals surface area contributed by atoms with Gasteiger partial charge in [-0.2, -0.15) is 0 Å². The van der Waals surface area contributed by atoms with Crippen LogP contribution in [0.15, 0.2) is 30.8 Å². The van der Waals surface area contributed by atoms with Crippen LogP contribution in [-0.4, -0.2) is 25.3 Å². The maximum atomic E-state index is 10.9. The third-order valence-electron chi connectivity index (χ3n) is 3.60. The molecule has 1 atom stereocenters. The third-order valence-corrected chi connectivity index (χ3v) is 3.60. The first-order chi connectivity index (χ1) is 10.2. The summed E-state index contributed by atoms with van der Waals surface area (Å²) in [6.07, 6.45) is -0.0334. The van der Waals surface area contributed by atoms with Gasteiger partial charge < -0.3 is 10.1 Å². The Morgan fingerprint density at radius 3 is 2.64 bits per heavy atom. The first-order valence-electron chi connectivity index (χ1n) is 7.60. The van der Waals surface area contributed by atoms with E-state index in [1.165, 1.54) is 12.5 Å². The third kappa shape index (κ3) is 6.00. The van der Waals surface area contributed by atoms with E-state index < -0.39 is 0 Å². The molecule has 0 bridgehead atoms. The van der Waals surface area contributed by atoms with Gasteiger partial charge in [-0.25, -0.2) is 0 Å². The van der Waals surface area contributed by atoms with Crippen molar-refractivity contribution in [3.63, 3.8) is 0 Å². The zero-order chi connectivity index (χ0) is 16.8. The number of hydrogen-bond acceptors (Lipinski definition) is 3. The molecular weight excluding hydrogens is 276 g/mol. The summed E-state index contributed by atoms with van der Waals surface area (Å²) < 4.78 is 5.68. The summed E-state index contributed by atoms with van der Waals surface area (Å²) in [5.74, 6) is -0.0413. The fraction of sp³-hybridized carbons (Fsp3) is 0.500. The standard InChI is InChI=1S/C18H28N2O2/c1-13(2)16-8-7-9-17(10-16)18(5,6)20-12-22-14(3)11-19-15(4)21/h7-10,14,20H,1,11-12H2,2-6H3,(H,19,21). The molecule has 0 saturated heterocycles. The highest BCUT2D eigenvalue weighted by Gasteiger charge is 2.20. The maximum absolute atomic E-state index is 10.9. The maximum Gasteiger partial charge on any atom is 0.216 e. The number of amides is 1. The van der Waals surface area contributed by atoms with Crippen molar-refractivity contribution in [1.29, 1.82) is 0 Å². The van der Waals surface area contributed by atoms with Gasteiger partial charge in [0, 0.05) is 19.0 Å². The molecule has 1 rings (SSSR count). The molecule has 0 saturated carbocycles. The van der Waals surface area contributed by atoms with Gasteiger partial charge in [-0.15, -0.1) is 0 Å². The summed E-state index contributed by atoms with van der Waals surface area (Å²) in [7, 11) is 0. The summed E-state index contributed by atoms with van der Waals surface area (Å²) in [6, 6.07) is 8.35. The number of benzene rings is 1. The van der Waals surface area contributed by atoms with Gasteiger partial charge in [-0.1, -0.05) is 30.4 Å². The molecule has 4 heteroatoms. The van der Waals surface area contributed by atoms with E-state index in [9.17, 15) is 4.79 Å². The Bertz CT molecular complexity index is 524. The number of nitrogens with one attached hydrogen (secondary N) is 2. The van der Waals surface area contributed by atoms with E-state index in [-0.39, 0.29) is 17.6 Å². The lowest BCUT2D eigenvalue weighted by molar-refractivity contribution is -0.119. The van der Waals surface area contributed by atoms with Gasteiger partial charge in [0.25, 0.3) is 0 Å². The van der Waals surface area contributed by atoms with Crippen LogP contribution in [0.2, 0.25) is 0 Å². The van der Waals surface area contributed by atoms with Crippen molar-refractivity contribution < 1.29 is 9.53 Å². The SMILES string of the molecule is C=C(C)c1cccc(C(C)(C)NCOC(C)CNC(C)=O)c1. The van der Waals surface area contributed by atoms with E-state index in [0.29, 0.717) is 13.3 Å². The second-order valence-electron chi connectivity index (χ2n) is 6.22. The molecule has 0 aliphatic carbocycles. The van der Waals surface area contributed by atoms with E-state index in [1.54, 1.807) is 0 Å². The predicted molar refractivity (Wildman–Crippen MR) is 91.4 cm³/mol. The van der Waals surface area contributed by atoms with Crippen LogP contribution >= 0.6 is 0 Å². The largest absolute Gasteiger partial charge is 0.362 e. The molecule has 0 fully saturated rings. The molecule has 1 aromatic carbocycles. The Kier molecular flexibility index (Phi) is 6.78. The molecule has 0 aliphatic heterocycles. The zero-order valence-electron chi connectivity index (χ0n) is 14.3. The van der Waals surface area contributed by atoms with E-state index in [0.717, 1.165) is 11.1 Å². The minimum atomic E-state index is -0.209. The average Bonchev–Trinajstić information content (AvgIpc) is 2.45. The minimum absolute atomic E-state index is 0.0334. The summed E-state index contributed by atoms with van der Waals surface area (Å²) in [6.45, 7) is 14.6. The fourth-order valence-corrected chi connectivity index (χ4v) is 1.99. The number of rotatable bonds is 8. The van der Waals surface area contributed by atoms with Crippen LogP contribution in [0.1, 0.15) is 45.7 Å². The van der Waals surface area contributed by atoms with Crippen molar-refractivity contribution in [2.24, 2.45) is 0 Å². The first kappa shape index (κ1) is 18.4. The van der Waals surface area contributed by atoms with Crippen LogP contribution in [0.25, 0.3) is 5.57 Å². The van der Waals surface area contributed by atoms with Crippen molar-refractivity contribution in [3.05, 3.63) is 42.0 Å². The molecule has 1 amide bonds. The molecule has 22 heavy (non-hydrogen) atoms. The summed E-state index contributed by atoms with van der Waals surface area (Å²) in [5, 5.41) is 6.14. The predicted octanol–water partition coefficient (Wildman–Crippen LogP) is 3.04. The Balaban J connectivity index is 2.55. The molecule has 0 aliphatic rings. The van der Waals surface area contributed by atoms with Crippen molar-refractivity contribution in [1.82, 2.24) is 10.6 Å². The van der Waals surface area contributed by atoms with Crippen molar-refractivity contribution in [3.8, 4) is 0 Å². The molecule has 122 valence electrons. The molecule has 1 unspecified atom stereocenters. The van der Waals surface area contributed by atoms with Gasteiger partial charge in [0.15, 0.2) is 0 Å². The van der Waals surface area contributed by atoms with Crippen molar-refractivity contribution >= 4 is 11.5 Å². The highest BCUT2D eigenvalue weighted by atomic mass is 16.5. The quantitative estimate of drug-likeness (QED) is 0.726. The molecule has 1 aromatic rings. The molecule has 2 N–H and O–H groups in total. The second-order valence-corrected chi connectivity index (χ2v) is 6.22. The van der Waals surface area contributed by atoms with Gasteiger partial charge in [-0.05, 0) is 44.9 Å². The monoisotopic (exact) mass is 304 g/mol. The summed E-state index contributed by atoms with van der Waals surface area (Å²) >= 11 is 0. The van der Waals surface area contributed by atoms with Crippen molar-refractivity contribution in [2.45, 2.75) is 46.3 Å². The molecule has 0 heterocycles. The fourth-order valence-electron chi connectivity index (χ4n) is 1.99.